The van der Waals surface area contributed by atoms with Gasteiger partial charge in [0.05, 0.1) is 12.8 Å². The van der Waals surface area contributed by atoms with Crippen molar-refractivity contribution >= 4 is 40.4 Å². The summed E-state index contributed by atoms with van der Waals surface area (Å²) in [5, 5.41) is 24.6. The Morgan fingerprint density at radius 1 is 0.744 bits per heavy atom. The van der Waals surface area contributed by atoms with Crippen molar-refractivity contribution in [2.24, 2.45) is 23.3 Å². The minimum absolute atomic E-state index is 0.0439. The van der Waals surface area contributed by atoms with Gasteiger partial charge in [0.25, 0.3) is 0 Å². The fourth-order valence-corrected chi connectivity index (χ4v) is 14.3. The summed E-state index contributed by atoms with van der Waals surface area (Å²) in [6, 6.07) is 1.42. The zero-order chi connectivity index (χ0) is 33.4. The fourth-order valence-electron chi connectivity index (χ4n) is 5.38. The molecule has 0 aliphatic heterocycles. The summed E-state index contributed by atoms with van der Waals surface area (Å²) in [6.45, 7) is 16.2. The van der Waals surface area contributed by atoms with Gasteiger partial charge in [0.15, 0.2) is 16.6 Å². The molecule has 0 aromatic rings. The molecular formula is C30H60N4O7Si2. The molecule has 0 saturated heterocycles. The predicted molar refractivity (Wildman–Crippen MR) is 176 cm³/mol. The van der Waals surface area contributed by atoms with Gasteiger partial charge in [-0.15, -0.1) is 0 Å². The number of rotatable bonds is 23. The van der Waals surface area contributed by atoms with Crippen molar-refractivity contribution in [2.45, 2.75) is 142 Å². The largest absolute Gasteiger partial charge is 0.481 e. The molecule has 0 aromatic carbocycles. The summed E-state index contributed by atoms with van der Waals surface area (Å²) in [7, 11) is -4.25. The lowest BCUT2D eigenvalue weighted by atomic mass is 9.98. The Morgan fingerprint density at radius 2 is 1.16 bits per heavy atom. The number of nitrogens with one attached hydrogen (secondary N) is 2. The van der Waals surface area contributed by atoms with E-state index in [-0.39, 0.29) is 42.8 Å². The highest BCUT2D eigenvalue weighted by atomic mass is 28.4. The lowest BCUT2D eigenvalue weighted by Gasteiger charge is -2.34. The van der Waals surface area contributed by atoms with E-state index in [1.165, 1.54) is 6.20 Å². The second-order valence-corrected chi connectivity index (χ2v) is 22.4. The van der Waals surface area contributed by atoms with Crippen LogP contribution in [0.4, 0.5) is 0 Å². The fraction of sp³-hybridized carbons (Fsp3) is 0.800. The molecule has 0 heterocycles. The minimum Gasteiger partial charge on any atom is -0.481 e. The van der Waals surface area contributed by atoms with Crippen LogP contribution in [-0.2, 0) is 23.3 Å². The molecule has 5 atom stereocenters. The van der Waals surface area contributed by atoms with Gasteiger partial charge in [-0.3, -0.25) is 19.2 Å². The van der Waals surface area contributed by atoms with E-state index < -0.39 is 40.4 Å². The lowest BCUT2D eigenvalue weighted by molar-refractivity contribution is -0.141. The van der Waals surface area contributed by atoms with Crippen molar-refractivity contribution in [3.05, 3.63) is 11.8 Å². The van der Waals surface area contributed by atoms with Gasteiger partial charge in [-0.25, -0.2) is 0 Å². The molecule has 250 valence electrons. The first-order valence-corrected chi connectivity index (χ1v) is 21.9. The Balaban J connectivity index is 4.99. The highest BCUT2D eigenvalue weighted by Gasteiger charge is 2.34. The van der Waals surface area contributed by atoms with E-state index in [0.717, 1.165) is 30.5 Å². The molecule has 13 heteroatoms. The van der Waals surface area contributed by atoms with Crippen LogP contribution in [0.15, 0.2) is 11.8 Å². The molecule has 11 nitrogen and oxygen atoms in total. The molecule has 0 aliphatic carbocycles. The van der Waals surface area contributed by atoms with Crippen molar-refractivity contribution in [2.75, 3.05) is 0 Å². The number of aliphatic carboxylic acids is 2. The van der Waals surface area contributed by atoms with Gasteiger partial charge in [-0.2, -0.15) is 0 Å². The van der Waals surface area contributed by atoms with Gasteiger partial charge in [0.2, 0.25) is 11.8 Å². The van der Waals surface area contributed by atoms with Crippen LogP contribution in [0.1, 0.15) is 85.5 Å². The molecule has 8 N–H and O–H groups in total. The van der Waals surface area contributed by atoms with E-state index in [0.29, 0.717) is 32.1 Å². The Bertz CT molecular complexity index is 928. The minimum atomic E-state index is -2.13. The van der Waals surface area contributed by atoms with E-state index in [1.807, 2.05) is 27.7 Å². The van der Waals surface area contributed by atoms with Gasteiger partial charge < -0.3 is 36.4 Å². The Morgan fingerprint density at radius 3 is 1.53 bits per heavy atom. The number of amides is 2. The van der Waals surface area contributed by atoms with E-state index in [9.17, 15) is 29.4 Å². The van der Waals surface area contributed by atoms with Crippen LogP contribution in [0.3, 0.4) is 0 Å². The standard InChI is InChI=1S/C30H60N4O7Si2/c1-21(20-31)17-24(4)34-30(40)26(19-28(37)38)12-10-16-43(7,8)41-42(5,6)15-9-11-25(18-27(35)36)29(39)33-23(3)14-13-22(2)32/h20,22-26H,9-19,31-32H2,1-8H3,(H,33,39)(H,34,40)(H,35,36)(H,37,38)/b21-20+. The average molecular weight is 645 g/mol. The lowest BCUT2D eigenvalue weighted by Crippen LogP contribution is -2.44. The monoisotopic (exact) mass is 644 g/mol. The predicted octanol–water partition coefficient (Wildman–Crippen LogP) is 4.54. The van der Waals surface area contributed by atoms with E-state index >= 15 is 0 Å². The van der Waals surface area contributed by atoms with Crippen LogP contribution < -0.4 is 22.1 Å². The van der Waals surface area contributed by atoms with Crippen LogP contribution >= 0.6 is 0 Å². The van der Waals surface area contributed by atoms with Crippen molar-refractivity contribution in [1.82, 2.24) is 10.6 Å². The number of nitrogens with two attached hydrogens (primary N) is 2. The molecule has 0 spiro atoms. The molecular weight excluding hydrogens is 585 g/mol. The van der Waals surface area contributed by atoms with E-state index in [2.05, 4.69) is 36.8 Å². The van der Waals surface area contributed by atoms with Crippen LogP contribution in [0.25, 0.3) is 0 Å². The Hall–Kier alpha value is -2.23. The van der Waals surface area contributed by atoms with Gasteiger partial charge in [0, 0.05) is 30.0 Å². The SMILES string of the molecule is C/C(=C\N)CC(C)NC(=O)C(CCC[Si](C)(C)O[Si](C)(C)CCCC(CC(=O)O)C(=O)NC(C)CCC(C)N)CC(=O)O. The number of carboxylic acid groups (broad SMARTS) is 2. The van der Waals surface area contributed by atoms with Crippen molar-refractivity contribution < 1.29 is 33.5 Å². The second kappa shape index (κ2) is 19.9. The molecule has 0 saturated carbocycles. The van der Waals surface area contributed by atoms with Gasteiger partial charge in [0.1, 0.15) is 0 Å². The van der Waals surface area contributed by atoms with Gasteiger partial charge in [-0.1, -0.05) is 18.4 Å². The second-order valence-electron chi connectivity index (χ2n) is 13.6. The van der Waals surface area contributed by atoms with Crippen LogP contribution in [0.5, 0.6) is 0 Å². The maximum absolute atomic E-state index is 12.8. The van der Waals surface area contributed by atoms with Crippen LogP contribution in [0, 0.1) is 11.8 Å². The van der Waals surface area contributed by atoms with Crippen molar-refractivity contribution in [1.29, 1.82) is 0 Å². The zero-order valence-electron chi connectivity index (χ0n) is 27.8. The first-order chi connectivity index (χ1) is 19.8. The van der Waals surface area contributed by atoms with E-state index in [1.54, 1.807) is 0 Å². The molecule has 0 radical (unpaired) electrons. The summed E-state index contributed by atoms with van der Waals surface area (Å²) in [5.41, 5.74) is 12.3. The summed E-state index contributed by atoms with van der Waals surface area (Å²) >= 11 is 0. The molecule has 2 amide bonds. The summed E-state index contributed by atoms with van der Waals surface area (Å²) in [4.78, 5) is 48.6. The third kappa shape index (κ3) is 20.4. The third-order valence-electron chi connectivity index (χ3n) is 7.54. The molecule has 0 bridgehead atoms. The van der Waals surface area contributed by atoms with Crippen LogP contribution in [-0.4, -0.2) is 68.7 Å². The maximum atomic E-state index is 12.8. The normalized spacial score (nSPS) is 16.1. The van der Waals surface area contributed by atoms with Gasteiger partial charge in [-0.05, 0) is 104 Å². The average Bonchev–Trinajstić information content (AvgIpc) is 2.84. The molecule has 0 aromatic heterocycles. The Labute approximate surface area is 261 Å². The van der Waals surface area contributed by atoms with Gasteiger partial charge >= 0.3 is 11.9 Å². The number of carbonyl (C=O) groups excluding carboxylic acids is 2. The van der Waals surface area contributed by atoms with Crippen molar-refractivity contribution in [3.63, 3.8) is 0 Å². The molecule has 0 rings (SSSR count). The maximum Gasteiger partial charge on any atom is 0.304 e. The summed E-state index contributed by atoms with van der Waals surface area (Å²) in [6.07, 6.45) is 5.53. The topological polar surface area (TPSA) is 194 Å². The smallest absolute Gasteiger partial charge is 0.304 e. The third-order valence-corrected chi connectivity index (χ3v) is 15.1. The summed E-state index contributed by atoms with van der Waals surface area (Å²) < 4.78 is 6.73. The molecule has 0 aliphatic rings. The number of hydrogen-bond donors (Lipinski definition) is 6. The quantitative estimate of drug-likeness (QED) is 0.0866. The van der Waals surface area contributed by atoms with Crippen LogP contribution in [0.2, 0.25) is 38.3 Å². The number of carbonyl (C=O) groups is 4. The highest BCUT2D eigenvalue weighted by molar-refractivity contribution is 6.84. The van der Waals surface area contributed by atoms with Crippen molar-refractivity contribution in [3.8, 4) is 0 Å². The zero-order valence-corrected chi connectivity index (χ0v) is 29.8. The molecule has 5 unspecified atom stereocenters. The number of hydrogen-bond acceptors (Lipinski definition) is 7. The number of carboxylic acids is 2. The Kier molecular flexibility index (Phi) is 18.9. The molecule has 43 heavy (non-hydrogen) atoms. The highest BCUT2D eigenvalue weighted by Crippen LogP contribution is 2.27. The summed E-state index contributed by atoms with van der Waals surface area (Å²) in [5.74, 6) is -3.68. The molecule has 0 fully saturated rings. The first-order valence-electron chi connectivity index (χ1n) is 15.6. The van der Waals surface area contributed by atoms with E-state index in [4.69, 9.17) is 15.6 Å². The first kappa shape index (κ1) is 40.8.